The standard InChI is InChI=1S/C24H20BrN3O2/c1-14-4-7-22(26-13-14)28-23(29)20-12-17-11-18(25)5-6-21(17)30-24(20)27-19-9-15(2)8-16(3)10-19/h4-13H,1-3H3,(H,26,28,29). The number of hydrogen-bond donors (Lipinski definition) is 1. The third-order valence-electron chi connectivity index (χ3n) is 4.54. The normalized spacial score (nSPS) is 11.7. The van der Waals surface area contributed by atoms with Crippen LogP contribution in [0.3, 0.4) is 0 Å². The largest absolute Gasteiger partial charge is 0.438 e. The molecule has 5 nitrogen and oxygen atoms in total. The number of aryl methyl sites for hydroxylation is 3. The third-order valence-corrected chi connectivity index (χ3v) is 5.04. The summed E-state index contributed by atoms with van der Waals surface area (Å²) in [4.78, 5) is 22.0. The van der Waals surface area contributed by atoms with Crippen molar-refractivity contribution in [1.29, 1.82) is 0 Å². The predicted molar refractivity (Wildman–Crippen MR) is 122 cm³/mol. The fourth-order valence-electron chi connectivity index (χ4n) is 3.20. The molecular formula is C24H20BrN3O2. The smallest absolute Gasteiger partial charge is 0.262 e. The predicted octanol–water partition coefficient (Wildman–Crippen LogP) is 6.00. The monoisotopic (exact) mass is 461 g/mol. The number of nitrogens with zero attached hydrogens (tertiary/aromatic N) is 2. The quantitative estimate of drug-likeness (QED) is 0.406. The maximum Gasteiger partial charge on any atom is 0.262 e. The molecule has 0 fully saturated rings. The molecule has 0 unspecified atom stereocenters. The number of halogens is 1. The molecule has 0 spiro atoms. The highest BCUT2D eigenvalue weighted by molar-refractivity contribution is 9.10. The van der Waals surface area contributed by atoms with Gasteiger partial charge in [-0.2, -0.15) is 0 Å². The van der Waals surface area contributed by atoms with E-state index in [2.05, 4.69) is 37.3 Å². The van der Waals surface area contributed by atoms with Gasteiger partial charge in [0.2, 0.25) is 5.55 Å². The van der Waals surface area contributed by atoms with Crippen LogP contribution in [0, 0.1) is 20.8 Å². The van der Waals surface area contributed by atoms with Gasteiger partial charge in [-0.1, -0.05) is 28.1 Å². The van der Waals surface area contributed by atoms with Crippen LogP contribution in [0.2, 0.25) is 0 Å². The maximum absolute atomic E-state index is 13.1. The summed E-state index contributed by atoms with van der Waals surface area (Å²) in [6.07, 6.45) is 1.71. The third kappa shape index (κ3) is 4.49. The molecule has 0 atom stereocenters. The first-order valence-electron chi connectivity index (χ1n) is 9.48. The molecule has 4 aromatic rings. The average molecular weight is 462 g/mol. The lowest BCUT2D eigenvalue weighted by Crippen LogP contribution is -2.22. The van der Waals surface area contributed by atoms with Crippen molar-refractivity contribution >= 4 is 44.3 Å². The maximum atomic E-state index is 13.1. The Kier molecular flexibility index (Phi) is 5.50. The SMILES string of the molecule is Cc1ccc(NC(=O)c2cc3cc(Br)ccc3oc2=Nc2cc(C)cc(C)c2)nc1. The number of aromatic nitrogens is 1. The molecule has 0 aliphatic rings. The van der Waals surface area contributed by atoms with Crippen LogP contribution in [0.15, 0.2) is 74.7 Å². The number of fused-ring (bicyclic) bond motifs is 1. The Morgan fingerprint density at radius 2 is 1.73 bits per heavy atom. The summed E-state index contributed by atoms with van der Waals surface area (Å²) in [6.45, 7) is 5.97. The molecule has 2 heterocycles. The summed E-state index contributed by atoms with van der Waals surface area (Å²) < 4.78 is 6.94. The number of pyridine rings is 1. The average Bonchev–Trinajstić information content (AvgIpc) is 2.68. The number of benzene rings is 2. The van der Waals surface area contributed by atoms with Crippen LogP contribution >= 0.6 is 15.9 Å². The Morgan fingerprint density at radius 3 is 2.43 bits per heavy atom. The summed E-state index contributed by atoms with van der Waals surface area (Å²) in [5.41, 5.74) is 5.16. The number of anilines is 1. The molecule has 0 aliphatic heterocycles. The van der Waals surface area contributed by atoms with Crippen molar-refractivity contribution in [3.8, 4) is 0 Å². The summed E-state index contributed by atoms with van der Waals surface area (Å²) in [7, 11) is 0. The number of hydrogen-bond acceptors (Lipinski definition) is 4. The van der Waals surface area contributed by atoms with Crippen LogP contribution in [0.25, 0.3) is 11.0 Å². The van der Waals surface area contributed by atoms with Crippen molar-refractivity contribution in [3.05, 3.63) is 93.1 Å². The summed E-state index contributed by atoms with van der Waals surface area (Å²) in [5, 5.41) is 3.63. The van der Waals surface area contributed by atoms with Crippen molar-refractivity contribution in [2.24, 2.45) is 4.99 Å². The van der Waals surface area contributed by atoms with Gasteiger partial charge in [0.25, 0.3) is 5.91 Å². The second kappa shape index (κ2) is 8.24. The number of carbonyl (C=O) groups excluding carboxylic acids is 1. The van der Waals surface area contributed by atoms with Gasteiger partial charge in [0, 0.05) is 16.1 Å². The highest BCUT2D eigenvalue weighted by Crippen LogP contribution is 2.21. The van der Waals surface area contributed by atoms with E-state index >= 15 is 0 Å². The van der Waals surface area contributed by atoms with Crippen molar-refractivity contribution in [3.63, 3.8) is 0 Å². The number of nitrogens with one attached hydrogen (secondary N) is 1. The lowest BCUT2D eigenvalue weighted by molar-refractivity contribution is 0.102. The van der Waals surface area contributed by atoms with E-state index in [1.165, 1.54) is 0 Å². The highest BCUT2D eigenvalue weighted by Gasteiger charge is 2.14. The molecule has 1 amide bonds. The van der Waals surface area contributed by atoms with Gasteiger partial charge in [-0.15, -0.1) is 0 Å². The number of carbonyl (C=O) groups is 1. The lowest BCUT2D eigenvalue weighted by atomic mass is 10.1. The van der Waals surface area contributed by atoms with E-state index in [0.29, 0.717) is 17.0 Å². The van der Waals surface area contributed by atoms with Crippen LogP contribution in [0.1, 0.15) is 27.0 Å². The minimum Gasteiger partial charge on any atom is -0.438 e. The van der Waals surface area contributed by atoms with E-state index in [1.807, 2.05) is 57.2 Å². The second-order valence-electron chi connectivity index (χ2n) is 7.28. The molecule has 6 heteroatoms. The first-order chi connectivity index (χ1) is 14.4. The zero-order valence-electron chi connectivity index (χ0n) is 16.9. The topological polar surface area (TPSA) is 67.5 Å². The van der Waals surface area contributed by atoms with Gasteiger partial charge in [-0.3, -0.25) is 4.79 Å². The fraction of sp³-hybridized carbons (Fsp3) is 0.125. The van der Waals surface area contributed by atoms with Crippen LogP contribution in [-0.4, -0.2) is 10.9 Å². The first kappa shape index (κ1) is 20.0. The van der Waals surface area contributed by atoms with Crippen molar-refractivity contribution in [1.82, 2.24) is 4.98 Å². The van der Waals surface area contributed by atoms with E-state index in [4.69, 9.17) is 4.42 Å². The van der Waals surface area contributed by atoms with Crippen molar-refractivity contribution in [2.75, 3.05) is 5.32 Å². The molecule has 150 valence electrons. The van der Waals surface area contributed by atoms with Gasteiger partial charge in [-0.25, -0.2) is 9.98 Å². The minimum atomic E-state index is -0.333. The Morgan fingerprint density at radius 1 is 0.967 bits per heavy atom. The van der Waals surface area contributed by atoms with Gasteiger partial charge >= 0.3 is 0 Å². The Bertz CT molecular complexity index is 1300. The van der Waals surface area contributed by atoms with Gasteiger partial charge in [0.1, 0.15) is 17.0 Å². The van der Waals surface area contributed by atoms with E-state index in [-0.39, 0.29) is 11.5 Å². The molecule has 0 saturated carbocycles. The van der Waals surface area contributed by atoms with Gasteiger partial charge in [0.15, 0.2) is 0 Å². The van der Waals surface area contributed by atoms with Crippen molar-refractivity contribution < 1.29 is 9.21 Å². The summed E-state index contributed by atoms with van der Waals surface area (Å²) in [5.74, 6) is 0.136. The van der Waals surface area contributed by atoms with Crippen LogP contribution < -0.4 is 10.9 Å². The zero-order chi connectivity index (χ0) is 21.3. The number of rotatable bonds is 3. The molecule has 0 bridgehead atoms. The Balaban J connectivity index is 1.86. The first-order valence-corrected chi connectivity index (χ1v) is 10.3. The molecule has 2 aromatic carbocycles. The van der Waals surface area contributed by atoms with E-state index in [0.717, 1.165) is 32.2 Å². The Labute approximate surface area is 182 Å². The van der Waals surface area contributed by atoms with Gasteiger partial charge in [0.05, 0.1) is 5.69 Å². The van der Waals surface area contributed by atoms with E-state index in [1.54, 1.807) is 18.3 Å². The van der Waals surface area contributed by atoms with Crippen molar-refractivity contribution in [2.45, 2.75) is 20.8 Å². The molecule has 0 saturated heterocycles. The molecule has 0 radical (unpaired) electrons. The molecule has 4 rings (SSSR count). The second-order valence-corrected chi connectivity index (χ2v) is 8.20. The molecule has 30 heavy (non-hydrogen) atoms. The molecule has 2 aromatic heterocycles. The number of amides is 1. The van der Waals surface area contributed by atoms with E-state index < -0.39 is 0 Å². The highest BCUT2D eigenvalue weighted by atomic mass is 79.9. The van der Waals surface area contributed by atoms with Crippen LogP contribution in [-0.2, 0) is 0 Å². The van der Waals surface area contributed by atoms with E-state index in [9.17, 15) is 4.79 Å². The van der Waals surface area contributed by atoms with Gasteiger partial charge in [-0.05, 0) is 79.9 Å². The fourth-order valence-corrected chi connectivity index (χ4v) is 3.58. The van der Waals surface area contributed by atoms with Crippen LogP contribution in [0.4, 0.5) is 11.5 Å². The molecule has 1 N–H and O–H groups in total. The Hall–Kier alpha value is -3.25. The summed E-state index contributed by atoms with van der Waals surface area (Å²) in [6, 6.07) is 17.1. The molecular weight excluding hydrogens is 442 g/mol. The lowest BCUT2D eigenvalue weighted by Gasteiger charge is -2.07. The van der Waals surface area contributed by atoms with Crippen LogP contribution in [0.5, 0.6) is 0 Å². The van der Waals surface area contributed by atoms with Gasteiger partial charge < -0.3 is 9.73 Å². The molecule has 0 aliphatic carbocycles. The minimum absolute atomic E-state index is 0.249. The zero-order valence-corrected chi connectivity index (χ0v) is 18.4. The summed E-state index contributed by atoms with van der Waals surface area (Å²) >= 11 is 3.47.